The Morgan fingerprint density at radius 3 is 2.00 bits per heavy atom. The number of nitrogens with zero attached hydrogens (tertiary/aromatic N) is 1. The Morgan fingerprint density at radius 1 is 1.08 bits per heavy atom. The molecule has 0 spiro atoms. The van der Waals surface area contributed by atoms with Gasteiger partial charge in [0.1, 0.15) is 0 Å². The van der Waals surface area contributed by atoms with Crippen molar-refractivity contribution in [3.8, 4) is 0 Å². The third-order valence-electron chi connectivity index (χ3n) is 2.01. The lowest BCUT2D eigenvalue weighted by atomic mass is 10.3. The summed E-state index contributed by atoms with van der Waals surface area (Å²) in [6, 6.07) is 0. The molecule has 1 rings (SSSR count). The van der Waals surface area contributed by atoms with Crippen LogP contribution in [0.5, 0.6) is 0 Å². The molecule has 1 radical (unpaired) electrons. The van der Waals surface area contributed by atoms with Gasteiger partial charge in [-0.25, -0.2) is 0 Å². The zero-order valence-corrected chi connectivity index (χ0v) is 8.19. The number of hydrogen-bond acceptors (Lipinski definition) is 3. The van der Waals surface area contributed by atoms with Crippen LogP contribution in [0.25, 0.3) is 0 Å². The Hall–Kier alpha value is -0.120. The van der Waals surface area contributed by atoms with Crippen LogP contribution in [-0.2, 0) is 0 Å². The molecule has 2 N–H and O–H groups in total. The Morgan fingerprint density at radius 2 is 1.58 bits per heavy atom. The van der Waals surface area contributed by atoms with Crippen LogP contribution in [0.2, 0.25) is 0 Å². The topological polar surface area (TPSA) is 27.3 Å². The van der Waals surface area contributed by atoms with Gasteiger partial charge in [0.15, 0.2) is 6.29 Å². The molecule has 1 heterocycles. The summed E-state index contributed by atoms with van der Waals surface area (Å²) in [6.07, 6.45) is 3.67. The van der Waals surface area contributed by atoms with Crippen molar-refractivity contribution in [3.05, 3.63) is 6.29 Å². The minimum absolute atomic E-state index is 1.07. The summed E-state index contributed by atoms with van der Waals surface area (Å²) in [7, 11) is 0. The Balaban J connectivity index is 2.29. The summed E-state index contributed by atoms with van der Waals surface area (Å²) >= 11 is 0. The molecule has 1 saturated heterocycles. The smallest absolute Gasteiger partial charge is 0.173 e. The SMILES string of the molecule is CCCN(CCC)[C]1NCCN1. The highest BCUT2D eigenvalue weighted by Gasteiger charge is 2.20. The summed E-state index contributed by atoms with van der Waals surface area (Å²) < 4.78 is 0. The van der Waals surface area contributed by atoms with E-state index >= 15 is 0 Å². The molecule has 0 aromatic heterocycles. The minimum Gasteiger partial charge on any atom is -0.282 e. The predicted octanol–water partition coefficient (Wildman–Crippen LogP) is 0.748. The molecule has 1 fully saturated rings. The molecule has 0 amide bonds. The molecule has 0 saturated carbocycles. The van der Waals surface area contributed by atoms with Gasteiger partial charge in [0.25, 0.3) is 0 Å². The Bertz CT molecular complexity index is 104. The van der Waals surface area contributed by atoms with Crippen LogP contribution >= 0.6 is 0 Å². The molecule has 0 aliphatic carbocycles. The first-order chi connectivity index (χ1) is 5.88. The molecule has 1 aliphatic heterocycles. The third-order valence-corrected chi connectivity index (χ3v) is 2.01. The van der Waals surface area contributed by atoms with Crippen molar-refractivity contribution in [3.63, 3.8) is 0 Å². The first kappa shape index (κ1) is 9.96. The molecule has 0 bridgehead atoms. The molecular formula is C9H20N3. The standard InChI is InChI=1S/C9H20N3/c1-3-7-12(8-4-2)9-10-5-6-11-9/h10-11H,3-8H2,1-2H3. The normalized spacial score (nSPS) is 19.2. The zero-order chi connectivity index (χ0) is 8.81. The van der Waals surface area contributed by atoms with Crippen LogP contribution < -0.4 is 10.6 Å². The largest absolute Gasteiger partial charge is 0.282 e. The van der Waals surface area contributed by atoms with Gasteiger partial charge in [-0.15, -0.1) is 0 Å². The van der Waals surface area contributed by atoms with E-state index in [4.69, 9.17) is 0 Å². The van der Waals surface area contributed by atoms with E-state index in [0.29, 0.717) is 0 Å². The predicted molar refractivity (Wildman–Crippen MR) is 51.4 cm³/mol. The van der Waals surface area contributed by atoms with E-state index in [1.807, 2.05) is 0 Å². The molecule has 0 aromatic rings. The van der Waals surface area contributed by atoms with Crippen molar-refractivity contribution >= 4 is 0 Å². The number of rotatable bonds is 5. The summed E-state index contributed by atoms with van der Waals surface area (Å²) in [5.74, 6) is 0. The maximum atomic E-state index is 3.36. The lowest BCUT2D eigenvalue weighted by Gasteiger charge is -2.26. The van der Waals surface area contributed by atoms with Crippen LogP contribution in [0.3, 0.4) is 0 Å². The highest BCUT2D eigenvalue weighted by atomic mass is 15.4. The fourth-order valence-electron chi connectivity index (χ4n) is 1.52. The molecule has 12 heavy (non-hydrogen) atoms. The maximum absolute atomic E-state index is 3.36. The molecule has 71 valence electrons. The second-order valence-electron chi connectivity index (χ2n) is 3.19. The fourth-order valence-corrected chi connectivity index (χ4v) is 1.52. The fraction of sp³-hybridized carbons (Fsp3) is 0.889. The Labute approximate surface area is 75.5 Å². The summed E-state index contributed by atoms with van der Waals surface area (Å²) in [4.78, 5) is 2.40. The summed E-state index contributed by atoms with van der Waals surface area (Å²) in [5.41, 5.74) is 0. The van der Waals surface area contributed by atoms with E-state index in [9.17, 15) is 0 Å². The zero-order valence-electron chi connectivity index (χ0n) is 8.19. The van der Waals surface area contributed by atoms with Gasteiger partial charge in [-0.05, 0) is 12.8 Å². The van der Waals surface area contributed by atoms with Gasteiger partial charge in [-0.1, -0.05) is 13.8 Å². The van der Waals surface area contributed by atoms with Crippen LogP contribution in [0, 0.1) is 6.29 Å². The molecular weight excluding hydrogens is 150 g/mol. The van der Waals surface area contributed by atoms with Crippen LogP contribution in [0.4, 0.5) is 0 Å². The molecule has 0 aromatic carbocycles. The highest BCUT2D eigenvalue weighted by molar-refractivity contribution is 4.89. The molecule has 0 unspecified atom stereocenters. The van der Waals surface area contributed by atoms with Crippen molar-refractivity contribution in [2.24, 2.45) is 0 Å². The summed E-state index contributed by atoms with van der Waals surface area (Å²) in [6.45, 7) is 8.89. The van der Waals surface area contributed by atoms with Crippen LogP contribution in [0.15, 0.2) is 0 Å². The first-order valence-electron chi connectivity index (χ1n) is 4.98. The first-order valence-corrected chi connectivity index (χ1v) is 4.98. The van der Waals surface area contributed by atoms with Gasteiger partial charge in [0.2, 0.25) is 0 Å². The minimum atomic E-state index is 1.07. The molecule has 0 atom stereocenters. The lowest BCUT2D eigenvalue weighted by molar-refractivity contribution is 0.251. The van der Waals surface area contributed by atoms with Gasteiger partial charge in [-0.2, -0.15) is 0 Å². The average Bonchev–Trinajstić information content (AvgIpc) is 2.56. The second kappa shape index (κ2) is 5.51. The van der Waals surface area contributed by atoms with Gasteiger partial charge >= 0.3 is 0 Å². The van der Waals surface area contributed by atoms with E-state index in [0.717, 1.165) is 26.2 Å². The maximum Gasteiger partial charge on any atom is 0.173 e. The van der Waals surface area contributed by atoms with E-state index in [1.165, 1.54) is 19.1 Å². The van der Waals surface area contributed by atoms with Crippen molar-refractivity contribution in [2.75, 3.05) is 26.2 Å². The number of nitrogens with one attached hydrogen (secondary N) is 2. The van der Waals surface area contributed by atoms with Gasteiger partial charge in [0, 0.05) is 26.2 Å². The van der Waals surface area contributed by atoms with Gasteiger partial charge < -0.3 is 0 Å². The van der Waals surface area contributed by atoms with Gasteiger partial charge in [0.05, 0.1) is 0 Å². The molecule has 3 heteroatoms. The monoisotopic (exact) mass is 170 g/mol. The van der Waals surface area contributed by atoms with Crippen molar-refractivity contribution < 1.29 is 0 Å². The third kappa shape index (κ3) is 2.73. The van der Waals surface area contributed by atoms with Crippen LogP contribution in [-0.4, -0.2) is 31.1 Å². The van der Waals surface area contributed by atoms with Gasteiger partial charge in [-0.3, -0.25) is 15.5 Å². The molecule has 1 aliphatic rings. The highest BCUT2D eigenvalue weighted by Crippen LogP contribution is 2.06. The van der Waals surface area contributed by atoms with Crippen molar-refractivity contribution in [1.29, 1.82) is 0 Å². The van der Waals surface area contributed by atoms with E-state index in [2.05, 4.69) is 29.4 Å². The number of hydrogen-bond donors (Lipinski definition) is 2. The average molecular weight is 170 g/mol. The van der Waals surface area contributed by atoms with Crippen molar-refractivity contribution in [2.45, 2.75) is 26.7 Å². The lowest BCUT2D eigenvalue weighted by Crippen LogP contribution is -2.41. The quantitative estimate of drug-likeness (QED) is 0.637. The van der Waals surface area contributed by atoms with E-state index in [1.54, 1.807) is 0 Å². The van der Waals surface area contributed by atoms with Crippen molar-refractivity contribution in [1.82, 2.24) is 15.5 Å². The summed E-state index contributed by atoms with van der Waals surface area (Å²) in [5, 5.41) is 6.72. The van der Waals surface area contributed by atoms with E-state index < -0.39 is 0 Å². The van der Waals surface area contributed by atoms with Crippen LogP contribution in [0.1, 0.15) is 26.7 Å². The molecule has 3 nitrogen and oxygen atoms in total. The second-order valence-corrected chi connectivity index (χ2v) is 3.19. The Kier molecular flexibility index (Phi) is 4.58. The van der Waals surface area contributed by atoms with E-state index in [-0.39, 0.29) is 0 Å².